The van der Waals surface area contributed by atoms with Gasteiger partial charge in [-0.2, -0.15) is 10.4 Å². The van der Waals surface area contributed by atoms with Crippen molar-refractivity contribution in [2.45, 2.75) is 45.6 Å². The third-order valence-corrected chi connectivity index (χ3v) is 7.12. The molecule has 0 aliphatic carbocycles. The van der Waals surface area contributed by atoms with Crippen LogP contribution in [-0.2, 0) is 17.6 Å². The van der Waals surface area contributed by atoms with Gasteiger partial charge in [-0.1, -0.05) is 62.7 Å². The van der Waals surface area contributed by atoms with Gasteiger partial charge >= 0.3 is 5.97 Å². The maximum atomic E-state index is 14.1. The van der Waals surface area contributed by atoms with Crippen molar-refractivity contribution in [1.29, 1.82) is 5.26 Å². The molecule has 1 unspecified atom stereocenters. The monoisotopic (exact) mass is 546 g/mol. The second kappa shape index (κ2) is 11.9. The molecule has 0 spiro atoms. The fraction of sp³-hybridized carbons (Fsp3) is 0.212. The summed E-state index contributed by atoms with van der Waals surface area (Å²) < 4.78 is 9.08. The molecular weight excluding hydrogens is 516 g/mol. The number of ether oxygens (including phenoxy) is 1. The highest BCUT2D eigenvalue weighted by atomic mass is 16.5. The number of carboxylic acids is 1. The second-order valence-electron chi connectivity index (χ2n) is 9.79. The predicted molar refractivity (Wildman–Crippen MR) is 157 cm³/mol. The summed E-state index contributed by atoms with van der Waals surface area (Å²) in [6.07, 6.45) is 3.04. The van der Waals surface area contributed by atoms with Gasteiger partial charge in [-0.25, -0.2) is 9.31 Å². The molecular formula is C33H30N4O4. The van der Waals surface area contributed by atoms with Gasteiger partial charge in [0, 0.05) is 18.1 Å². The summed E-state index contributed by atoms with van der Waals surface area (Å²) in [6.45, 7) is 3.83. The van der Waals surface area contributed by atoms with Crippen LogP contribution < -0.4 is 10.3 Å². The molecule has 2 aromatic heterocycles. The zero-order valence-electron chi connectivity index (χ0n) is 22.9. The third kappa shape index (κ3) is 5.48. The minimum atomic E-state index is -1.02. The van der Waals surface area contributed by atoms with E-state index in [2.05, 4.69) is 18.1 Å². The first-order chi connectivity index (χ1) is 19.9. The molecule has 0 aliphatic rings. The molecule has 0 radical (unpaired) electrons. The molecule has 0 fully saturated rings. The van der Waals surface area contributed by atoms with E-state index < -0.39 is 12.1 Å². The minimum absolute atomic E-state index is 0.133. The first-order valence-corrected chi connectivity index (χ1v) is 13.6. The van der Waals surface area contributed by atoms with Crippen molar-refractivity contribution in [1.82, 2.24) is 14.2 Å². The van der Waals surface area contributed by atoms with Crippen LogP contribution in [0.15, 0.2) is 89.9 Å². The van der Waals surface area contributed by atoms with Crippen molar-refractivity contribution in [3.05, 3.63) is 118 Å². The SMILES string of the molecule is CCCc1c(Cc2ccc(-c3ccccc3C#N)cc2)c(=O)n(-c2ccc(OC(CC)C(=O)O)cc2)c2ccnn12. The van der Waals surface area contributed by atoms with Crippen LogP contribution in [0.2, 0.25) is 0 Å². The van der Waals surface area contributed by atoms with E-state index in [9.17, 15) is 20.0 Å². The molecule has 1 N–H and O–H groups in total. The number of carboxylic acid groups (broad SMARTS) is 1. The van der Waals surface area contributed by atoms with Crippen LogP contribution in [0.4, 0.5) is 0 Å². The van der Waals surface area contributed by atoms with Crippen LogP contribution in [0.1, 0.15) is 49.1 Å². The fourth-order valence-corrected chi connectivity index (χ4v) is 5.07. The Morgan fingerprint density at radius 2 is 1.76 bits per heavy atom. The number of nitriles is 1. The standard InChI is InChI=1S/C33H30N4O4/c1-3-7-29-28(20-22-10-12-23(13-11-22)27-9-6-5-8-24(27)21-34)32(38)36(31-18-19-35-37(29)31)25-14-16-26(17-15-25)41-30(4-2)33(39)40/h5-6,8-19,30H,3-4,7,20H2,1-2H3,(H,39,40). The summed E-state index contributed by atoms with van der Waals surface area (Å²) in [6, 6.07) is 26.4. The summed E-state index contributed by atoms with van der Waals surface area (Å²) in [4.78, 5) is 25.5. The lowest BCUT2D eigenvalue weighted by Gasteiger charge is -2.17. The summed E-state index contributed by atoms with van der Waals surface area (Å²) in [5.41, 5.74) is 6.07. The third-order valence-electron chi connectivity index (χ3n) is 7.12. The van der Waals surface area contributed by atoms with Gasteiger partial charge in [0.1, 0.15) is 11.4 Å². The number of rotatable bonds is 10. The molecule has 5 aromatic rings. The number of hydrogen-bond donors (Lipinski definition) is 1. The van der Waals surface area contributed by atoms with Crippen LogP contribution >= 0.6 is 0 Å². The van der Waals surface area contributed by atoms with Gasteiger partial charge in [0.05, 0.1) is 29.2 Å². The van der Waals surface area contributed by atoms with Gasteiger partial charge in [-0.15, -0.1) is 0 Å². The molecule has 41 heavy (non-hydrogen) atoms. The summed E-state index contributed by atoms with van der Waals surface area (Å²) >= 11 is 0. The van der Waals surface area contributed by atoms with Crippen molar-refractivity contribution in [2.75, 3.05) is 0 Å². The Morgan fingerprint density at radius 1 is 1.02 bits per heavy atom. The molecule has 0 amide bonds. The predicted octanol–water partition coefficient (Wildman–Crippen LogP) is 5.81. The number of nitrogens with zero attached hydrogens (tertiary/aromatic N) is 4. The number of fused-ring (bicyclic) bond motifs is 1. The number of aromatic nitrogens is 3. The second-order valence-corrected chi connectivity index (χ2v) is 9.79. The van der Waals surface area contributed by atoms with Crippen molar-refractivity contribution in [3.8, 4) is 28.6 Å². The average Bonchev–Trinajstić information content (AvgIpc) is 3.48. The molecule has 0 saturated carbocycles. The summed E-state index contributed by atoms with van der Waals surface area (Å²) in [5.74, 6) is -0.603. The molecule has 8 heteroatoms. The van der Waals surface area contributed by atoms with E-state index in [4.69, 9.17) is 4.74 Å². The molecule has 5 rings (SSSR count). The zero-order chi connectivity index (χ0) is 28.9. The Labute approximate surface area is 237 Å². The van der Waals surface area contributed by atoms with E-state index in [0.717, 1.165) is 28.8 Å². The van der Waals surface area contributed by atoms with Crippen LogP contribution in [0.3, 0.4) is 0 Å². The van der Waals surface area contributed by atoms with E-state index in [1.807, 2.05) is 53.0 Å². The normalized spacial score (nSPS) is 11.7. The molecule has 0 bridgehead atoms. The van der Waals surface area contributed by atoms with E-state index in [1.54, 1.807) is 48.0 Å². The zero-order valence-corrected chi connectivity index (χ0v) is 22.9. The molecule has 8 nitrogen and oxygen atoms in total. The lowest BCUT2D eigenvalue weighted by Crippen LogP contribution is -2.28. The van der Waals surface area contributed by atoms with Gasteiger partial charge in [0.2, 0.25) is 0 Å². The van der Waals surface area contributed by atoms with Crippen LogP contribution in [0.25, 0.3) is 22.5 Å². The Morgan fingerprint density at radius 3 is 2.41 bits per heavy atom. The number of carbonyl (C=O) groups is 1. The van der Waals surface area contributed by atoms with E-state index in [-0.39, 0.29) is 5.56 Å². The molecule has 0 saturated heterocycles. The fourth-order valence-electron chi connectivity index (χ4n) is 5.07. The van der Waals surface area contributed by atoms with Gasteiger partial charge in [-0.3, -0.25) is 9.36 Å². The maximum absolute atomic E-state index is 14.1. The molecule has 2 heterocycles. The van der Waals surface area contributed by atoms with Gasteiger partial charge in [0.25, 0.3) is 5.56 Å². The quantitative estimate of drug-likeness (QED) is 0.237. The average molecular weight is 547 g/mol. The Hall–Kier alpha value is -5.16. The number of aliphatic carboxylic acids is 1. The Balaban J connectivity index is 1.55. The number of hydrogen-bond acceptors (Lipinski definition) is 5. The van der Waals surface area contributed by atoms with Crippen LogP contribution in [-0.4, -0.2) is 31.4 Å². The topological polar surface area (TPSA) is 110 Å². The van der Waals surface area contributed by atoms with Crippen LogP contribution in [0.5, 0.6) is 5.75 Å². The van der Waals surface area contributed by atoms with Gasteiger partial charge < -0.3 is 9.84 Å². The van der Waals surface area contributed by atoms with E-state index >= 15 is 0 Å². The lowest BCUT2D eigenvalue weighted by atomic mass is 9.97. The van der Waals surface area contributed by atoms with E-state index in [1.165, 1.54) is 0 Å². The van der Waals surface area contributed by atoms with Crippen molar-refractivity contribution < 1.29 is 14.6 Å². The smallest absolute Gasteiger partial charge is 0.344 e. The summed E-state index contributed by atoms with van der Waals surface area (Å²) in [7, 11) is 0. The first kappa shape index (κ1) is 27.4. The molecule has 0 aliphatic heterocycles. The first-order valence-electron chi connectivity index (χ1n) is 13.6. The maximum Gasteiger partial charge on any atom is 0.344 e. The molecule has 206 valence electrons. The largest absolute Gasteiger partial charge is 0.479 e. The lowest BCUT2D eigenvalue weighted by molar-refractivity contribution is -0.145. The Bertz CT molecular complexity index is 1800. The van der Waals surface area contributed by atoms with Crippen molar-refractivity contribution >= 4 is 11.6 Å². The minimum Gasteiger partial charge on any atom is -0.479 e. The highest BCUT2D eigenvalue weighted by Gasteiger charge is 2.20. The number of benzene rings is 3. The van der Waals surface area contributed by atoms with Crippen molar-refractivity contribution in [2.24, 2.45) is 0 Å². The van der Waals surface area contributed by atoms with E-state index in [0.29, 0.717) is 47.5 Å². The molecule has 1 atom stereocenters. The molecule has 3 aromatic carbocycles. The highest BCUT2D eigenvalue weighted by molar-refractivity contribution is 5.72. The highest BCUT2D eigenvalue weighted by Crippen LogP contribution is 2.25. The number of aryl methyl sites for hydroxylation is 1. The summed E-state index contributed by atoms with van der Waals surface area (Å²) in [5, 5.41) is 23.4. The van der Waals surface area contributed by atoms with Gasteiger partial charge in [-0.05, 0) is 59.9 Å². The Kier molecular flexibility index (Phi) is 7.97. The van der Waals surface area contributed by atoms with Crippen molar-refractivity contribution in [3.63, 3.8) is 0 Å². The van der Waals surface area contributed by atoms with Gasteiger partial charge in [0.15, 0.2) is 6.10 Å². The van der Waals surface area contributed by atoms with Crippen LogP contribution in [0, 0.1) is 11.3 Å².